The first-order valence-corrected chi connectivity index (χ1v) is 11.5. The second kappa shape index (κ2) is 16.5. The third-order valence-corrected chi connectivity index (χ3v) is 4.89. The molecule has 0 aliphatic rings. The molecule has 3 atom stereocenters. The average Bonchev–Trinajstić information content (AvgIpc) is 2.74. The van der Waals surface area contributed by atoms with Crippen molar-refractivity contribution in [3.8, 4) is 0 Å². The summed E-state index contributed by atoms with van der Waals surface area (Å²) >= 11 is 1.51. The zero-order chi connectivity index (χ0) is 25.4. The maximum absolute atomic E-state index is 12.8. The van der Waals surface area contributed by atoms with Gasteiger partial charge < -0.3 is 43.4 Å². The molecule has 188 valence electrons. The van der Waals surface area contributed by atoms with Gasteiger partial charge in [0.1, 0.15) is 18.6 Å². The molecule has 0 aromatic carbocycles. The molecule has 0 bridgehead atoms. The second-order valence-corrected chi connectivity index (χ2v) is 7.99. The molecule has 14 nitrogen and oxygen atoms in total. The van der Waals surface area contributed by atoms with Gasteiger partial charge in [0.2, 0.25) is 17.7 Å². The van der Waals surface area contributed by atoms with Crippen molar-refractivity contribution in [1.82, 2.24) is 16.0 Å². The molecule has 3 amide bonds. The standard InChI is InChI=1S/C18H33N7O7S/c1-33-8-6-10(19)15(30)24-11(3-2-7-22-18(20)21)17(32)25-12(4-5-13(26)27)16(31)23-9-14(28)29/h10-12H,2-9,19H2,1H3,(H,23,31)(H,24,30)(H,25,32)(H,26,27)(H,28,29)(H4,20,21,22). The summed E-state index contributed by atoms with van der Waals surface area (Å²) in [5.41, 5.74) is 16.4. The van der Waals surface area contributed by atoms with Gasteiger partial charge in [-0.2, -0.15) is 11.8 Å². The highest BCUT2D eigenvalue weighted by molar-refractivity contribution is 7.98. The molecule has 33 heavy (non-hydrogen) atoms. The Morgan fingerprint density at radius 3 is 2.06 bits per heavy atom. The number of aliphatic carboxylic acids is 2. The quantitative estimate of drug-likeness (QED) is 0.0584. The predicted octanol–water partition coefficient (Wildman–Crippen LogP) is -2.84. The van der Waals surface area contributed by atoms with Crippen LogP contribution in [0, 0.1) is 0 Å². The Kier molecular flexibility index (Phi) is 15.0. The Bertz CT molecular complexity index is 716. The van der Waals surface area contributed by atoms with Crippen molar-refractivity contribution in [2.75, 3.05) is 25.1 Å². The number of hydrogen-bond acceptors (Lipinski definition) is 8. The van der Waals surface area contributed by atoms with Crippen LogP contribution in [0.1, 0.15) is 32.1 Å². The van der Waals surface area contributed by atoms with Crippen LogP contribution >= 0.6 is 11.8 Å². The van der Waals surface area contributed by atoms with E-state index in [0.717, 1.165) is 0 Å². The van der Waals surface area contributed by atoms with Gasteiger partial charge in [-0.1, -0.05) is 0 Å². The number of amides is 3. The van der Waals surface area contributed by atoms with Crippen molar-refractivity contribution in [2.24, 2.45) is 22.2 Å². The van der Waals surface area contributed by atoms with Crippen molar-refractivity contribution < 1.29 is 34.2 Å². The Hall–Kier alpha value is -3.07. The van der Waals surface area contributed by atoms with Crippen molar-refractivity contribution in [3.63, 3.8) is 0 Å². The minimum Gasteiger partial charge on any atom is -0.481 e. The third-order valence-electron chi connectivity index (χ3n) is 4.24. The first-order valence-electron chi connectivity index (χ1n) is 10.1. The van der Waals surface area contributed by atoms with Crippen molar-refractivity contribution in [1.29, 1.82) is 0 Å². The molecule has 3 unspecified atom stereocenters. The van der Waals surface area contributed by atoms with Crippen LogP contribution in [0.2, 0.25) is 0 Å². The molecule has 11 N–H and O–H groups in total. The molecule has 0 spiro atoms. The van der Waals surface area contributed by atoms with E-state index < -0.39 is 60.8 Å². The summed E-state index contributed by atoms with van der Waals surface area (Å²) in [6.45, 7) is -0.525. The van der Waals surface area contributed by atoms with Crippen LogP contribution in [-0.4, -0.2) is 89.1 Å². The summed E-state index contributed by atoms with van der Waals surface area (Å²) in [5, 5.41) is 24.6. The van der Waals surface area contributed by atoms with Crippen LogP contribution in [0.4, 0.5) is 0 Å². The van der Waals surface area contributed by atoms with Gasteiger partial charge in [-0.15, -0.1) is 0 Å². The number of nitrogens with two attached hydrogens (primary N) is 3. The van der Waals surface area contributed by atoms with E-state index in [9.17, 15) is 24.0 Å². The summed E-state index contributed by atoms with van der Waals surface area (Å²) in [6.07, 6.45) is 1.92. The van der Waals surface area contributed by atoms with Gasteiger partial charge in [0, 0.05) is 13.0 Å². The number of nitrogens with zero attached hydrogens (tertiary/aromatic N) is 1. The lowest BCUT2D eigenvalue weighted by molar-refractivity contribution is -0.140. The normalized spacial score (nSPS) is 13.2. The number of carbonyl (C=O) groups is 5. The lowest BCUT2D eigenvalue weighted by Gasteiger charge is -2.24. The first-order chi connectivity index (χ1) is 15.5. The Balaban J connectivity index is 5.37. The molecule has 15 heteroatoms. The van der Waals surface area contributed by atoms with E-state index in [1.807, 2.05) is 6.26 Å². The van der Waals surface area contributed by atoms with Crippen molar-refractivity contribution in [3.05, 3.63) is 0 Å². The summed E-state index contributed by atoms with van der Waals surface area (Å²) in [7, 11) is 0. The Labute approximate surface area is 195 Å². The monoisotopic (exact) mass is 491 g/mol. The van der Waals surface area contributed by atoms with Crippen molar-refractivity contribution >= 4 is 47.4 Å². The maximum atomic E-state index is 12.8. The van der Waals surface area contributed by atoms with Gasteiger partial charge in [0.25, 0.3) is 0 Å². The fourth-order valence-corrected chi connectivity index (χ4v) is 3.01. The van der Waals surface area contributed by atoms with Crippen LogP contribution in [0.25, 0.3) is 0 Å². The smallest absolute Gasteiger partial charge is 0.322 e. The Morgan fingerprint density at radius 2 is 1.52 bits per heavy atom. The van der Waals surface area contributed by atoms with Gasteiger partial charge >= 0.3 is 11.9 Å². The van der Waals surface area contributed by atoms with Crippen LogP contribution in [0.3, 0.4) is 0 Å². The summed E-state index contributed by atoms with van der Waals surface area (Å²) in [4.78, 5) is 62.9. The van der Waals surface area contributed by atoms with Crippen LogP contribution in [0.15, 0.2) is 4.99 Å². The lowest BCUT2D eigenvalue weighted by atomic mass is 10.1. The van der Waals surface area contributed by atoms with Gasteiger partial charge in [0.15, 0.2) is 5.96 Å². The fraction of sp³-hybridized carbons (Fsp3) is 0.667. The fourth-order valence-electron chi connectivity index (χ4n) is 2.52. The highest BCUT2D eigenvalue weighted by Crippen LogP contribution is 2.05. The number of carbonyl (C=O) groups excluding carboxylic acids is 3. The molecule has 0 aliphatic heterocycles. The molecule has 0 rings (SSSR count). The van der Waals surface area contributed by atoms with E-state index in [1.165, 1.54) is 11.8 Å². The summed E-state index contributed by atoms with van der Waals surface area (Å²) in [5.74, 6) is -4.21. The largest absolute Gasteiger partial charge is 0.481 e. The van der Waals surface area contributed by atoms with E-state index in [1.54, 1.807) is 0 Å². The molecule has 0 saturated heterocycles. The molecule has 0 aromatic rings. The summed E-state index contributed by atoms with van der Waals surface area (Å²) in [6, 6.07) is -3.28. The topological polar surface area (TPSA) is 252 Å². The molecule has 0 fully saturated rings. The highest BCUT2D eigenvalue weighted by Gasteiger charge is 2.28. The zero-order valence-electron chi connectivity index (χ0n) is 18.4. The molecular formula is C18H33N7O7S. The van der Waals surface area contributed by atoms with Crippen LogP contribution in [-0.2, 0) is 24.0 Å². The highest BCUT2D eigenvalue weighted by atomic mass is 32.2. The molecule has 0 aromatic heterocycles. The Morgan fingerprint density at radius 1 is 0.909 bits per heavy atom. The number of rotatable bonds is 17. The third kappa shape index (κ3) is 14.6. The molecule has 0 radical (unpaired) electrons. The zero-order valence-corrected chi connectivity index (χ0v) is 19.2. The molecule has 0 aliphatic carbocycles. The maximum Gasteiger partial charge on any atom is 0.322 e. The first kappa shape index (κ1) is 29.9. The minimum absolute atomic E-state index is 0.103. The van der Waals surface area contributed by atoms with Crippen LogP contribution < -0.4 is 33.2 Å². The lowest BCUT2D eigenvalue weighted by Crippen LogP contribution is -2.56. The number of nitrogens with one attached hydrogen (secondary N) is 3. The van der Waals surface area contributed by atoms with Gasteiger partial charge in [-0.05, 0) is 37.7 Å². The van der Waals surface area contributed by atoms with E-state index >= 15 is 0 Å². The number of carboxylic acids is 2. The SMILES string of the molecule is CSCCC(N)C(=O)NC(CCCN=C(N)N)C(=O)NC(CCC(=O)O)C(=O)NCC(=O)O. The van der Waals surface area contributed by atoms with E-state index in [-0.39, 0.29) is 25.3 Å². The number of guanidine groups is 1. The summed E-state index contributed by atoms with van der Waals surface area (Å²) < 4.78 is 0. The minimum atomic E-state index is -1.32. The van der Waals surface area contributed by atoms with Crippen molar-refractivity contribution in [2.45, 2.75) is 50.2 Å². The second-order valence-electron chi connectivity index (χ2n) is 7.00. The van der Waals surface area contributed by atoms with Crippen LogP contribution in [0.5, 0.6) is 0 Å². The molecular weight excluding hydrogens is 458 g/mol. The van der Waals surface area contributed by atoms with Gasteiger partial charge in [0.05, 0.1) is 6.04 Å². The number of hydrogen-bond donors (Lipinski definition) is 8. The number of thioether (sulfide) groups is 1. The molecule has 0 saturated carbocycles. The molecule has 0 heterocycles. The van der Waals surface area contributed by atoms with E-state index in [2.05, 4.69) is 20.9 Å². The number of aliphatic imine (C=N–C) groups is 1. The van der Waals surface area contributed by atoms with Gasteiger partial charge in [-0.25, -0.2) is 0 Å². The average molecular weight is 492 g/mol. The van der Waals surface area contributed by atoms with E-state index in [0.29, 0.717) is 18.6 Å². The van der Waals surface area contributed by atoms with E-state index in [4.69, 9.17) is 27.4 Å². The predicted molar refractivity (Wildman–Crippen MR) is 122 cm³/mol. The van der Waals surface area contributed by atoms with Gasteiger partial charge in [-0.3, -0.25) is 29.0 Å². The number of carboxylic acid groups (broad SMARTS) is 2.